The van der Waals surface area contributed by atoms with E-state index in [-0.39, 0.29) is 0 Å². The van der Waals surface area contributed by atoms with Crippen molar-refractivity contribution < 1.29 is 29.1 Å². The number of hydrogen-bond acceptors (Lipinski definition) is 6. The lowest BCUT2D eigenvalue weighted by atomic mass is 9.94. The van der Waals surface area contributed by atoms with Crippen molar-refractivity contribution in [3.63, 3.8) is 0 Å². The molecule has 0 aliphatic carbocycles. The highest BCUT2D eigenvalue weighted by Crippen LogP contribution is 2.27. The molecule has 0 fully saturated rings. The minimum absolute atomic E-state index is 0.426. The van der Waals surface area contributed by atoms with Crippen LogP contribution in [0.5, 0.6) is 0 Å². The van der Waals surface area contributed by atoms with Crippen LogP contribution in [0.25, 0.3) is 0 Å². The predicted molar refractivity (Wildman–Crippen MR) is 90.7 cm³/mol. The van der Waals surface area contributed by atoms with Crippen LogP contribution in [0, 0.1) is 10.8 Å². The highest BCUT2D eigenvalue weighted by atomic mass is 17.2. The van der Waals surface area contributed by atoms with Crippen LogP contribution < -0.4 is 0 Å². The lowest BCUT2D eigenvalue weighted by Gasteiger charge is -2.30. The summed E-state index contributed by atoms with van der Waals surface area (Å²) in [5.41, 5.74) is -2.62. The maximum atomic E-state index is 11.8. The molecule has 24 heavy (non-hydrogen) atoms. The molecule has 6 nitrogen and oxygen atoms in total. The minimum atomic E-state index is -0.685. The van der Waals surface area contributed by atoms with E-state index in [1.807, 2.05) is 27.7 Å². The van der Waals surface area contributed by atoms with Crippen LogP contribution in [0.1, 0.15) is 82.1 Å². The van der Waals surface area contributed by atoms with Crippen LogP contribution >= 0.6 is 0 Å². The van der Waals surface area contributed by atoms with E-state index in [0.29, 0.717) is 12.8 Å². The fraction of sp³-hybridized carbons (Fsp3) is 0.889. The summed E-state index contributed by atoms with van der Waals surface area (Å²) in [5, 5.41) is 0. The van der Waals surface area contributed by atoms with Gasteiger partial charge in [0.25, 0.3) is 0 Å². The fourth-order valence-electron chi connectivity index (χ4n) is 1.24. The van der Waals surface area contributed by atoms with Crippen molar-refractivity contribution in [1.29, 1.82) is 0 Å². The molecule has 0 saturated heterocycles. The summed E-state index contributed by atoms with van der Waals surface area (Å²) in [7, 11) is 0. The Morgan fingerprint density at radius 3 is 1.04 bits per heavy atom. The predicted octanol–water partition coefficient (Wildman–Crippen LogP) is 4.37. The quantitative estimate of drug-likeness (QED) is 0.504. The normalized spacial score (nSPS) is 13.6. The summed E-state index contributed by atoms with van der Waals surface area (Å²) < 4.78 is 0. The molecule has 0 aromatic heterocycles. The van der Waals surface area contributed by atoms with Gasteiger partial charge in [0, 0.05) is 0 Å². The van der Waals surface area contributed by atoms with Crippen molar-refractivity contribution in [2.75, 3.05) is 0 Å². The third kappa shape index (κ3) is 9.23. The van der Waals surface area contributed by atoms with Gasteiger partial charge in [-0.2, -0.15) is 9.78 Å². The molecule has 0 amide bonds. The smallest absolute Gasteiger partial charge is 0.297 e. The van der Waals surface area contributed by atoms with Gasteiger partial charge in [-0.25, -0.2) is 9.59 Å². The molecule has 0 rings (SSSR count). The number of rotatable bonds is 7. The summed E-state index contributed by atoms with van der Waals surface area (Å²) in [6.45, 7) is 17.8. The summed E-state index contributed by atoms with van der Waals surface area (Å²) in [6.07, 6.45) is 1.09. The Labute approximate surface area is 146 Å². The zero-order valence-electron chi connectivity index (χ0n) is 16.9. The zero-order valence-corrected chi connectivity index (χ0v) is 16.9. The largest absolute Gasteiger partial charge is 0.347 e. The van der Waals surface area contributed by atoms with Gasteiger partial charge in [-0.3, -0.25) is 9.78 Å². The van der Waals surface area contributed by atoms with E-state index in [2.05, 4.69) is 0 Å². The molecule has 0 bridgehead atoms. The van der Waals surface area contributed by atoms with E-state index in [1.54, 1.807) is 41.5 Å². The van der Waals surface area contributed by atoms with E-state index in [9.17, 15) is 9.59 Å². The van der Waals surface area contributed by atoms with Crippen LogP contribution in [0.4, 0.5) is 0 Å². The van der Waals surface area contributed by atoms with Gasteiger partial charge in [0.15, 0.2) is 0 Å². The number of hydrogen-bond donors (Lipinski definition) is 0. The van der Waals surface area contributed by atoms with Gasteiger partial charge in [0.2, 0.25) is 0 Å². The van der Waals surface area contributed by atoms with Crippen LogP contribution in [-0.2, 0) is 29.1 Å². The standard InChI is InChI=1S/C18H34O6/c1-15(2,3)13(19)21-23-17(7,8)11-12-18(9,10)24-22-14(20)16(4,5)6/h11-12H2,1-10H3. The topological polar surface area (TPSA) is 71.1 Å². The molecule has 0 unspecified atom stereocenters. The first-order valence-corrected chi connectivity index (χ1v) is 8.27. The molecule has 0 aliphatic heterocycles. The summed E-state index contributed by atoms with van der Waals surface area (Å²) in [6, 6.07) is 0. The molecule has 0 aliphatic rings. The number of carbonyl (C=O) groups excluding carboxylic acids is 2. The Morgan fingerprint density at radius 1 is 0.583 bits per heavy atom. The van der Waals surface area contributed by atoms with Crippen LogP contribution in [0.2, 0.25) is 0 Å². The van der Waals surface area contributed by atoms with Crippen molar-refractivity contribution in [2.45, 2.75) is 93.3 Å². The summed E-state index contributed by atoms with van der Waals surface area (Å²) in [4.78, 5) is 43.9. The van der Waals surface area contributed by atoms with E-state index < -0.39 is 34.0 Å². The first kappa shape index (κ1) is 22.9. The van der Waals surface area contributed by atoms with Crippen molar-refractivity contribution in [1.82, 2.24) is 0 Å². The number of carbonyl (C=O) groups is 2. The van der Waals surface area contributed by atoms with Gasteiger partial charge in [-0.1, -0.05) is 0 Å². The lowest BCUT2D eigenvalue weighted by Crippen LogP contribution is -2.35. The average Bonchev–Trinajstić information content (AvgIpc) is 2.38. The maximum Gasteiger partial charge on any atom is 0.347 e. The van der Waals surface area contributed by atoms with Crippen LogP contribution in [-0.4, -0.2) is 23.1 Å². The highest BCUT2D eigenvalue weighted by Gasteiger charge is 2.33. The van der Waals surface area contributed by atoms with Crippen LogP contribution in [0.15, 0.2) is 0 Å². The maximum absolute atomic E-state index is 11.8. The van der Waals surface area contributed by atoms with Gasteiger partial charge in [0.05, 0.1) is 10.8 Å². The van der Waals surface area contributed by atoms with Crippen molar-refractivity contribution in [3.05, 3.63) is 0 Å². The zero-order chi connectivity index (χ0) is 19.4. The second-order valence-corrected chi connectivity index (χ2v) is 9.43. The molecule has 0 N–H and O–H groups in total. The van der Waals surface area contributed by atoms with E-state index in [0.717, 1.165) is 0 Å². The van der Waals surface area contributed by atoms with Gasteiger partial charge >= 0.3 is 11.9 Å². The molecule has 0 radical (unpaired) electrons. The van der Waals surface area contributed by atoms with E-state index in [1.165, 1.54) is 0 Å². The third-order valence-electron chi connectivity index (χ3n) is 3.24. The molecule has 0 aromatic rings. The monoisotopic (exact) mass is 346 g/mol. The third-order valence-corrected chi connectivity index (χ3v) is 3.24. The molecule has 0 saturated carbocycles. The first-order chi connectivity index (χ1) is 10.5. The molecule has 6 heteroatoms. The van der Waals surface area contributed by atoms with Crippen LogP contribution in [0.3, 0.4) is 0 Å². The SMILES string of the molecule is CC(C)(CCC(C)(C)OOC(=O)C(C)(C)C)OOC(=O)C(C)(C)C. The Hall–Kier alpha value is -1.14. The van der Waals surface area contributed by atoms with E-state index >= 15 is 0 Å². The van der Waals surface area contributed by atoms with Crippen molar-refractivity contribution >= 4 is 11.9 Å². The first-order valence-electron chi connectivity index (χ1n) is 8.27. The Balaban J connectivity index is 4.42. The molecule has 0 heterocycles. The van der Waals surface area contributed by atoms with Gasteiger partial charge in [-0.15, -0.1) is 0 Å². The van der Waals surface area contributed by atoms with Gasteiger partial charge in [0.1, 0.15) is 11.2 Å². The van der Waals surface area contributed by atoms with E-state index in [4.69, 9.17) is 19.6 Å². The summed E-state index contributed by atoms with van der Waals surface area (Å²) in [5.74, 6) is -0.851. The Morgan fingerprint density at radius 2 is 0.833 bits per heavy atom. The lowest BCUT2D eigenvalue weighted by molar-refractivity contribution is -0.345. The molecule has 0 atom stereocenters. The van der Waals surface area contributed by atoms with Crippen molar-refractivity contribution in [3.8, 4) is 0 Å². The fourth-order valence-corrected chi connectivity index (χ4v) is 1.24. The van der Waals surface area contributed by atoms with Gasteiger partial charge < -0.3 is 0 Å². The molecule has 0 spiro atoms. The molecule has 142 valence electrons. The summed E-state index contributed by atoms with van der Waals surface area (Å²) >= 11 is 0. The van der Waals surface area contributed by atoms with Gasteiger partial charge in [-0.05, 0) is 82.1 Å². The Bertz CT molecular complexity index is 395. The highest BCUT2D eigenvalue weighted by molar-refractivity contribution is 5.75. The Kier molecular flexibility index (Phi) is 7.46. The molecular weight excluding hydrogens is 312 g/mol. The second kappa shape index (κ2) is 7.83. The van der Waals surface area contributed by atoms with Crippen molar-refractivity contribution in [2.24, 2.45) is 10.8 Å². The average molecular weight is 346 g/mol. The molecule has 0 aromatic carbocycles. The molecular formula is C18H34O6. The minimum Gasteiger partial charge on any atom is -0.297 e. The second-order valence-electron chi connectivity index (χ2n) is 9.43.